The maximum absolute atomic E-state index is 11.7. The zero-order valence-corrected chi connectivity index (χ0v) is 10.4. The van der Waals surface area contributed by atoms with Crippen molar-refractivity contribution >= 4 is 18.5 Å². The quantitative estimate of drug-likeness (QED) is 0.827. The zero-order valence-electron chi connectivity index (χ0n) is 9.47. The molecule has 1 aromatic rings. The van der Waals surface area contributed by atoms with Crippen LogP contribution in [0.4, 0.5) is 0 Å². The summed E-state index contributed by atoms with van der Waals surface area (Å²) in [6.45, 7) is 1.37. The van der Waals surface area contributed by atoms with E-state index in [1.165, 1.54) is 0 Å². The Balaban J connectivity index is 2.06. The van der Waals surface area contributed by atoms with Crippen LogP contribution in [0.1, 0.15) is 17.5 Å². The Morgan fingerprint density at radius 3 is 3.00 bits per heavy atom. The largest absolute Gasteiger partial charge is 0.338 e. The lowest BCUT2D eigenvalue weighted by Gasteiger charge is -2.16. The van der Waals surface area contributed by atoms with Crippen LogP contribution >= 0.6 is 12.6 Å². The molecule has 1 aliphatic rings. The number of hydrogen-bond donors (Lipinski definition) is 1. The Morgan fingerprint density at radius 2 is 2.35 bits per heavy atom. The van der Waals surface area contributed by atoms with E-state index in [4.69, 9.17) is 5.26 Å². The minimum atomic E-state index is 0.186. The molecule has 1 atom stereocenters. The van der Waals surface area contributed by atoms with E-state index >= 15 is 0 Å². The van der Waals surface area contributed by atoms with E-state index in [9.17, 15) is 4.79 Å². The second-order valence-electron chi connectivity index (χ2n) is 4.34. The zero-order chi connectivity index (χ0) is 12.3. The third kappa shape index (κ3) is 2.80. The topological polar surface area (TPSA) is 44.1 Å². The summed E-state index contributed by atoms with van der Waals surface area (Å²) in [4.78, 5) is 13.6. The molecule has 1 saturated heterocycles. The maximum atomic E-state index is 11.7. The summed E-state index contributed by atoms with van der Waals surface area (Å²) in [7, 11) is 0. The molecule has 0 saturated carbocycles. The van der Waals surface area contributed by atoms with Gasteiger partial charge in [-0.3, -0.25) is 4.79 Å². The predicted molar refractivity (Wildman–Crippen MR) is 68.5 cm³/mol. The molecule has 1 heterocycles. The summed E-state index contributed by atoms with van der Waals surface area (Å²) >= 11 is 4.23. The first-order valence-electron chi connectivity index (χ1n) is 5.60. The van der Waals surface area contributed by atoms with Crippen LogP contribution in [0.3, 0.4) is 0 Å². The van der Waals surface area contributed by atoms with E-state index < -0.39 is 0 Å². The van der Waals surface area contributed by atoms with Crippen molar-refractivity contribution in [3.63, 3.8) is 0 Å². The monoisotopic (exact) mass is 246 g/mol. The summed E-state index contributed by atoms with van der Waals surface area (Å²) < 4.78 is 0. The van der Waals surface area contributed by atoms with E-state index in [1.54, 1.807) is 6.07 Å². The van der Waals surface area contributed by atoms with Crippen molar-refractivity contribution in [3.05, 3.63) is 35.4 Å². The second kappa shape index (κ2) is 5.24. The smallest absolute Gasteiger partial charge is 0.223 e. The van der Waals surface area contributed by atoms with Gasteiger partial charge in [0.2, 0.25) is 5.91 Å². The number of nitrogens with zero attached hydrogens (tertiary/aromatic N) is 2. The summed E-state index contributed by atoms with van der Waals surface area (Å²) in [5, 5.41) is 8.81. The Morgan fingerprint density at radius 1 is 1.53 bits per heavy atom. The second-order valence-corrected chi connectivity index (χ2v) is 4.70. The van der Waals surface area contributed by atoms with Gasteiger partial charge < -0.3 is 4.90 Å². The highest BCUT2D eigenvalue weighted by Gasteiger charge is 2.28. The van der Waals surface area contributed by atoms with Gasteiger partial charge in [0, 0.05) is 19.5 Å². The Labute approximate surface area is 106 Å². The first-order valence-corrected chi connectivity index (χ1v) is 6.24. The maximum Gasteiger partial charge on any atom is 0.223 e. The van der Waals surface area contributed by atoms with E-state index in [0.29, 0.717) is 24.4 Å². The standard InChI is InChI=1S/C13H14N2OS/c14-6-10-2-1-3-11(4-10)7-15-8-12(9-17)5-13(15)16/h1-4,12,17H,5,7-9H2. The van der Waals surface area contributed by atoms with Gasteiger partial charge in [-0.1, -0.05) is 12.1 Å². The predicted octanol–water partition coefficient (Wildman–Crippen LogP) is 1.84. The molecule has 1 aromatic carbocycles. The van der Waals surface area contributed by atoms with Crippen LogP contribution < -0.4 is 0 Å². The van der Waals surface area contributed by atoms with Crippen molar-refractivity contribution in [1.29, 1.82) is 5.26 Å². The number of carbonyl (C=O) groups excluding carboxylic acids is 1. The molecular formula is C13H14N2OS. The van der Waals surface area contributed by atoms with Crippen LogP contribution in [-0.2, 0) is 11.3 Å². The van der Waals surface area contributed by atoms with Gasteiger partial charge in [0.05, 0.1) is 11.6 Å². The van der Waals surface area contributed by atoms with E-state index in [2.05, 4.69) is 18.7 Å². The van der Waals surface area contributed by atoms with Crippen LogP contribution in [0.25, 0.3) is 0 Å². The normalized spacial score (nSPS) is 19.4. The lowest BCUT2D eigenvalue weighted by atomic mass is 10.1. The average molecular weight is 246 g/mol. The average Bonchev–Trinajstić information content (AvgIpc) is 2.70. The fraction of sp³-hybridized carbons (Fsp3) is 0.385. The third-order valence-electron chi connectivity index (χ3n) is 2.98. The Hall–Kier alpha value is -1.47. The molecule has 0 radical (unpaired) electrons. The molecule has 88 valence electrons. The van der Waals surface area contributed by atoms with Gasteiger partial charge in [-0.2, -0.15) is 17.9 Å². The SMILES string of the molecule is N#Cc1cccc(CN2CC(CS)CC2=O)c1. The Kier molecular flexibility index (Phi) is 3.70. The van der Waals surface area contributed by atoms with E-state index in [-0.39, 0.29) is 5.91 Å². The van der Waals surface area contributed by atoms with Crippen molar-refractivity contribution in [2.45, 2.75) is 13.0 Å². The van der Waals surface area contributed by atoms with Crippen LogP contribution in [0.15, 0.2) is 24.3 Å². The molecule has 0 aromatic heterocycles. The highest BCUT2D eigenvalue weighted by Crippen LogP contribution is 2.21. The van der Waals surface area contributed by atoms with Gasteiger partial charge in [0.25, 0.3) is 0 Å². The third-order valence-corrected chi connectivity index (χ3v) is 3.50. The van der Waals surface area contributed by atoms with Gasteiger partial charge in [0.15, 0.2) is 0 Å². The lowest BCUT2D eigenvalue weighted by Crippen LogP contribution is -2.24. The lowest BCUT2D eigenvalue weighted by molar-refractivity contribution is -0.128. The summed E-state index contributed by atoms with van der Waals surface area (Å²) in [6.07, 6.45) is 0.599. The number of amides is 1. The molecule has 17 heavy (non-hydrogen) atoms. The molecule has 1 fully saturated rings. The van der Waals surface area contributed by atoms with Crippen LogP contribution in [0.5, 0.6) is 0 Å². The summed E-state index contributed by atoms with van der Waals surface area (Å²) in [6, 6.07) is 9.51. The van der Waals surface area contributed by atoms with E-state index in [0.717, 1.165) is 17.9 Å². The molecule has 0 aliphatic carbocycles. The number of benzene rings is 1. The minimum Gasteiger partial charge on any atom is -0.338 e. The van der Waals surface area contributed by atoms with Crippen molar-refractivity contribution in [2.24, 2.45) is 5.92 Å². The van der Waals surface area contributed by atoms with Crippen LogP contribution in [0, 0.1) is 17.2 Å². The number of likely N-dealkylation sites (tertiary alicyclic amines) is 1. The molecule has 0 spiro atoms. The number of thiol groups is 1. The summed E-state index contributed by atoms with van der Waals surface area (Å²) in [5.41, 5.74) is 1.65. The highest BCUT2D eigenvalue weighted by atomic mass is 32.1. The molecular weight excluding hydrogens is 232 g/mol. The number of carbonyl (C=O) groups is 1. The molecule has 2 rings (SSSR count). The Bertz CT molecular complexity index is 467. The minimum absolute atomic E-state index is 0.186. The molecule has 1 unspecified atom stereocenters. The van der Waals surface area contributed by atoms with Gasteiger partial charge in [-0.25, -0.2) is 0 Å². The van der Waals surface area contributed by atoms with Gasteiger partial charge >= 0.3 is 0 Å². The van der Waals surface area contributed by atoms with Gasteiger partial charge in [0.1, 0.15) is 0 Å². The van der Waals surface area contributed by atoms with Crippen LogP contribution in [-0.4, -0.2) is 23.1 Å². The number of nitriles is 1. The van der Waals surface area contributed by atoms with Crippen LogP contribution in [0.2, 0.25) is 0 Å². The van der Waals surface area contributed by atoms with Crippen molar-refractivity contribution < 1.29 is 4.79 Å². The molecule has 0 N–H and O–H groups in total. The molecule has 0 bridgehead atoms. The van der Waals surface area contributed by atoms with Gasteiger partial charge in [-0.05, 0) is 29.4 Å². The molecule has 1 aliphatic heterocycles. The summed E-state index contributed by atoms with van der Waals surface area (Å²) in [5.74, 6) is 1.30. The highest BCUT2D eigenvalue weighted by molar-refractivity contribution is 7.80. The first kappa shape index (κ1) is 12.0. The molecule has 4 heteroatoms. The molecule has 3 nitrogen and oxygen atoms in total. The van der Waals surface area contributed by atoms with Crippen molar-refractivity contribution in [1.82, 2.24) is 4.90 Å². The molecule has 1 amide bonds. The van der Waals surface area contributed by atoms with Crippen molar-refractivity contribution in [2.75, 3.05) is 12.3 Å². The number of hydrogen-bond acceptors (Lipinski definition) is 3. The number of rotatable bonds is 3. The van der Waals surface area contributed by atoms with E-state index in [1.807, 2.05) is 23.1 Å². The van der Waals surface area contributed by atoms with Crippen molar-refractivity contribution in [3.8, 4) is 6.07 Å². The first-order chi connectivity index (χ1) is 8.22. The van der Waals surface area contributed by atoms with Gasteiger partial charge in [-0.15, -0.1) is 0 Å². The fourth-order valence-corrected chi connectivity index (χ4v) is 2.33. The fourth-order valence-electron chi connectivity index (χ4n) is 2.09.